The van der Waals surface area contributed by atoms with Crippen LogP contribution in [0.2, 0.25) is 0 Å². The Labute approximate surface area is 159 Å². The van der Waals surface area contributed by atoms with Gasteiger partial charge in [-0.05, 0) is 35.3 Å². The van der Waals surface area contributed by atoms with Gasteiger partial charge in [-0.1, -0.05) is 84.4 Å². The highest BCUT2D eigenvalue weighted by Gasteiger charge is 2.25. The molecule has 0 bridgehead atoms. The first kappa shape index (κ1) is 17.1. The van der Waals surface area contributed by atoms with Gasteiger partial charge in [0.05, 0.1) is 12.2 Å². The second-order valence-corrected chi connectivity index (χ2v) is 6.72. The topological polar surface area (TPSA) is 29.5 Å². The molecule has 134 valence electrons. The molecule has 0 atom stereocenters. The Morgan fingerprint density at radius 3 is 2.41 bits per heavy atom. The van der Waals surface area contributed by atoms with E-state index in [1.54, 1.807) is 4.90 Å². The molecule has 0 fully saturated rings. The lowest BCUT2D eigenvalue weighted by molar-refractivity contribution is 0.111. The molecule has 1 aliphatic rings. The van der Waals surface area contributed by atoms with E-state index in [9.17, 15) is 4.79 Å². The van der Waals surface area contributed by atoms with Crippen LogP contribution in [0.25, 0.3) is 11.8 Å². The molecular weight excluding hydrogens is 334 g/mol. The minimum absolute atomic E-state index is 0.263. The van der Waals surface area contributed by atoms with Crippen molar-refractivity contribution in [1.29, 1.82) is 0 Å². The van der Waals surface area contributed by atoms with Crippen molar-refractivity contribution in [1.82, 2.24) is 4.90 Å². The van der Waals surface area contributed by atoms with Crippen LogP contribution in [0.15, 0.2) is 78.9 Å². The monoisotopic (exact) mass is 355 g/mol. The van der Waals surface area contributed by atoms with Crippen molar-refractivity contribution in [2.75, 3.05) is 0 Å². The summed E-state index contributed by atoms with van der Waals surface area (Å²) in [6.07, 6.45) is 1.73. The number of rotatable bonds is 3. The van der Waals surface area contributed by atoms with E-state index in [0.717, 1.165) is 28.0 Å². The molecule has 1 heterocycles. The summed E-state index contributed by atoms with van der Waals surface area (Å²) in [4.78, 5) is 14.6. The molecule has 1 amide bonds. The van der Waals surface area contributed by atoms with Crippen molar-refractivity contribution < 1.29 is 9.53 Å². The quantitative estimate of drug-likeness (QED) is 0.608. The van der Waals surface area contributed by atoms with E-state index in [2.05, 4.69) is 37.3 Å². The zero-order valence-corrected chi connectivity index (χ0v) is 15.3. The fourth-order valence-corrected chi connectivity index (χ4v) is 3.22. The van der Waals surface area contributed by atoms with E-state index in [0.29, 0.717) is 6.54 Å². The summed E-state index contributed by atoms with van der Waals surface area (Å²) < 4.78 is 5.60. The number of benzene rings is 3. The fourth-order valence-electron chi connectivity index (χ4n) is 3.22. The first-order chi connectivity index (χ1) is 13.2. The SMILES string of the molecule is Cc1ccc(C2=Cc3ccccc3CN2C(=O)OCc2ccccc2)cc1. The van der Waals surface area contributed by atoms with E-state index >= 15 is 0 Å². The third kappa shape index (κ3) is 3.77. The maximum atomic E-state index is 12.9. The number of amides is 1. The summed E-state index contributed by atoms with van der Waals surface area (Å²) >= 11 is 0. The number of hydrogen-bond donors (Lipinski definition) is 0. The highest BCUT2D eigenvalue weighted by molar-refractivity contribution is 5.91. The normalized spacial score (nSPS) is 12.9. The Morgan fingerprint density at radius 1 is 0.926 bits per heavy atom. The fraction of sp³-hybridized carbons (Fsp3) is 0.125. The van der Waals surface area contributed by atoms with Crippen molar-refractivity contribution >= 4 is 17.9 Å². The predicted octanol–water partition coefficient (Wildman–Crippen LogP) is 5.65. The summed E-state index contributed by atoms with van der Waals surface area (Å²) in [7, 11) is 0. The summed E-state index contributed by atoms with van der Waals surface area (Å²) in [5.41, 5.74) is 6.29. The molecule has 3 heteroatoms. The lowest BCUT2D eigenvalue weighted by Gasteiger charge is -2.29. The first-order valence-corrected chi connectivity index (χ1v) is 9.05. The van der Waals surface area contributed by atoms with Crippen LogP contribution in [0, 0.1) is 6.92 Å². The maximum Gasteiger partial charge on any atom is 0.414 e. The Bertz CT molecular complexity index is 975. The summed E-state index contributed by atoms with van der Waals surface area (Å²) in [5.74, 6) is 0. The Hall–Kier alpha value is -3.33. The third-order valence-electron chi connectivity index (χ3n) is 4.74. The summed E-state index contributed by atoms with van der Waals surface area (Å²) in [6, 6.07) is 26.1. The van der Waals surface area contributed by atoms with Gasteiger partial charge in [-0.15, -0.1) is 0 Å². The number of carbonyl (C=O) groups excluding carboxylic acids is 1. The molecular formula is C24H21NO2. The van der Waals surface area contributed by atoms with Crippen LogP contribution in [0.1, 0.15) is 27.8 Å². The largest absolute Gasteiger partial charge is 0.444 e. The Kier molecular flexibility index (Phi) is 4.75. The summed E-state index contributed by atoms with van der Waals surface area (Å²) in [6.45, 7) is 2.82. The maximum absolute atomic E-state index is 12.9. The summed E-state index contributed by atoms with van der Waals surface area (Å²) in [5, 5.41) is 0. The molecule has 0 radical (unpaired) electrons. The van der Waals surface area contributed by atoms with Crippen LogP contribution >= 0.6 is 0 Å². The van der Waals surface area contributed by atoms with Crippen molar-refractivity contribution in [3.63, 3.8) is 0 Å². The van der Waals surface area contributed by atoms with E-state index in [-0.39, 0.29) is 12.7 Å². The minimum Gasteiger partial charge on any atom is -0.444 e. The number of fused-ring (bicyclic) bond motifs is 1. The van der Waals surface area contributed by atoms with Crippen molar-refractivity contribution in [2.45, 2.75) is 20.1 Å². The van der Waals surface area contributed by atoms with E-state index in [1.807, 2.05) is 54.6 Å². The zero-order chi connectivity index (χ0) is 18.6. The highest BCUT2D eigenvalue weighted by atomic mass is 16.6. The second-order valence-electron chi connectivity index (χ2n) is 6.72. The van der Waals surface area contributed by atoms with Crippen LogP contribution in [0.3, 0.4) is 0 Å². The average molecular weight is 355 g/mol. The Morgan fingerprint density at radius 2 is 1.63 bits per heavy atom. The van der Waals surface area contributed by atoms with E-state index in [1.165, 1.54) is 5.56 Å². The van der Waals surface area contributed by atoms with Crippen molar-refractivity contribution in [3.8, 4) is 0 Å². The van der Waals surface area contributed by atoms with Gasteiger partial charge in [0, 0.05) is 0 Å². The molecule has 3 aromatic rings. The molecule has 3 nitrogen and oxygen atoms in total. The molecule has 0 saturated heterocycles. The average Bonchev–Trinajstić information content (AvgIpc) is 2.72. The number of aryl methyl sites for hydroxylation is 1. The molecule has 0 unspecified atom stereocenters. The van der Waals surface area contributed by atoms with Crippen LogP contribution in [0.4, 0.5) is 4.79 Å². The highest BCUT2D eigenvalue weighted by Crippen LogP contribution is 2.31. The van der Waals surface area contributed by atoms with Gasteiger partial charge in [0.15, 0.2) is 0 Å². The van der Waals surface area contributed by atoms with Gasteiger partial charge in [0.2, 0.25) is 0 Å². The van der Waals surface area contributed by atoms with Gasteiger partial charge < -0.3 is 4.74 Å². The molecule has 0 aliphatic carbocycles. The predicted molar refractivity (Wildman–Crippen MR) is 108 cm³/mol. The van der Waals surface area contributed by atoms with Crippen molar-refractivity contribution in [3.05, 3.63) is 107 Å². The smallest absolute Gasteiger partial charge is 0.414 e. The molecule has 0 spiro atoms. The van der Waals surface area contributed by atoms with E-state index in [4.69, 9.17) is 4.74 Å². The number of hydrogen-bond acceptors (Lipinski definition) is 2. The Balaban J connectivity index is 1.63. The van der Waals surface area contributed by atoms with Crippen LogP contribution in [-0.2, 0) is 17.9 Å². The number of nitrogens with zero attached hydrogens (tertiary/aromatic N) is 1. The molecule has 0 aromatic heterocycles. The molecule has 27 heavy (non-hydrogen) atoms. The molecule has 1 aliphatic heterocycles. The van der Waals surface area contributed by atoms with Gasteiger partial charge in [-0.2, -0.15) is 0 Å². The van der Waals surface area contributed by atoms with Crippen LogP contribution in [0.5, 0.6) is 0 Å². The molecule has 4 rings (SSSR count). The van der Waals surface area contributed by atoms with Crippen LogP contribution < -0.4 is 0 Å². The van der Waals surface area contributed by atoms with Gasteiger partial charge >= 0.3 is 6.09 Å². The lowest BCUT2D eigenvalue weighted by Crippen LogP contribution is -2.31. The number of carbonyl (C=O) groups is 1. The molecule has 0 saturated carbocycles. The number of ether oxygens (including phenoxy) is 1. The second kappa shape index (κ2) is 7.50. The van der Waals surface area contributed by atoms with Gasteiger partial charge in [-0.25, -0.2) is 4.79 Å². The van der Waals surface area contributed by atoms with E-state index < -0.39 is 0 Å². The zero-order valence-electron chi connectivity index (χ0n) is 15.3. The molecule has 3 aromatic carbocycles. The minimum atomic E-state index is -0.333. The lowest BCUT2D eigenvalue weighted by atomic mass is 9.98. The third-order valence-corrected chi connectivity index (χ3v) is 4.74. The molecule has 0 N–H and O–H groups in total. The van der Waals surface area contributed by atoms with Gasteiger partial charge in [0.1, 0.15) is 6.61 Å². The standard InChI is InChI=1S/C24H21NO2/c1-18-11-13-20(14-12-18)23-15-21-9-5-6-10-22(21)16-25(23)24(26)27-17-19-7-3-2-4-8-19/h2-15H,16-17H2,1H3. The van der Waals surface area contributed by atoms with Gasteiger partial charge in [-0.3, -0.25) is 4.90 Å². The van der Waals surface area contributed by atoms with Crippen LogP contribution in [-0.4, -0.2) is 11.0 Å². The van der Waals surface area contributed by atoms with Crippen molar-refractivity contribution in [2.24, 2.45) is 0 Å². The van der Waals surface area contributed by atoms with Gasteiger partial charge in [0.25, 0.3) is 0 Å². The first-order valence-electron chi connectivity index (χ1n) is 9.05.